The number of anilines is 2. The number of hydrogen-bond acceptors (Lipinski definition) is 6. The Morgan fingerprint density at radius 2 is 1.81 bits per heavy atom. The van der Waals surface area contributed by atoms with E-state index in [1.807, 2.05) is 35.7 Å². The van der Waals surface area contributed by atoms with Crippen molar-refractivity contribution in [1.29, 1.82) is 0 Å². The summed E-state index contributed by atoms with van der Waals surface area (Å²) in [6.07, 6.45) is 1.86. The summed E-state index contributed by atoms with van der Waals surface area (Å²) < 4.78 is 34.8. The van der Waals surface area contributed by atoms with Crippen molar-refractivity contribution in [1.82, 2.24) is 0 Å². The number of ether oxygens (including phenoxy) is 1. The molecule has 2 heterocycles. The summed E-state index contributed by atoms with van der Waals surface area (Å²) in [5.41, 5.74) is 2.53. The van der Waals surface area contributed by atoms with Crippen molar-refractivity contribution in [3.05, 3.63) is 82.2 Å². The minimum Gasteiger partial charge on any atom is -0.497 e. The van der Waals surface area contributed by atoms with E-state index in [2.05, 4.69) is 5.32 Å². The Morgan fingerprint density at radius 3 is 2.53 bits per heavy atom. The van der Waals surface area contributed by atoms with Crippen LogP contribution in [-0.4, -0.2) is 21.3 Å². The first-order valence-electron chi connectivity index (χ1n) is 10.3. The van der Waals surface area contributed by atoms with Crippen LogP contribution in [0.5, 0.6) is 5.75 Å². The highest BCUT2D eigenvalue weighted by molar-refractivity contribution is 7.92. The summed E-state index contributed by atoms with van der Waals surface area (Å²) >= 11 is 1.45. The van der Waals surface area contributed by atoms with Crippen molar-refractivity contribution in [2.45, 2.75) is 30.2 Å². The quantitative estimate of drug-likeness (QED) is 0.577. The minimum atomic E-state index is -4.01. The molecule has 0 bridgehead atoms. The van der Waals surface area contributed by atoms with Crippen LogP contribution in [0, 0.1) is 0 Å². The van der Waals surface area contributed by atoms with E-state index >= 15 is 0 Å². The van der Waals surface area contributed by atoms with Crippen LogP contribution in [0.25, 0.3) is 0 Å². The number of ketones is 1. The molecule has 0 saturated carbocycles. The van der Waals surface area contributed by atoms with Crippen LogP contribution in [0.1, 0.15) is 30.2 Å². The lowest BCUT2D eigenvalue weighted by molar-refractivity contribution is -0.116. The Labute approximate surface area is 191 Å². The number of allylic oxidation sites excluding steroid dienone is 1. The molecule has 1 aromatic heterocycles. The number of carbonyl (C=O) groups is 1. The number of hydrogen-bond donors (Lipinski definition) is 1. The third-order valence-electron chi connectivity index (χ3n) is 5.82. The number of fused-ring (bicyclic) bond motifs is 1. The molecule has 32 heavy (non-hydrogen) atoms. The molecule has 6 nitrogen and oxygen atoms in total. The highest BCUT2D eigenvalue weighted by Gasteiger charge is 2.42. The van der Waals surface area contributed by atoms with Gasteiger partial charge >= 0.3 is 0 Å². The van der Waals surface area contributed by atoms with E-state index in [-0.39, 0.29) is 10.7 Å². The number of para-hydroxylation sites is 2. The third kappa shape index (κ3) is 3.40. The molecule has 0 saturated heterocycles. The van der Waals surface area contributed by atoms with Crippen LogP contribution in [0.15, 0.2) is 82.2 Å². The maximum Gasteiger partial charge on any atom is 0.265 e. The molecule has 0 amide bonds. The predicted octanol–water partition coefficient (Wildman–Crippen LogP) is 5.13. The molecule has 1 unspecified atom stereocenters. The Balaban J connectivity index is 1.79. The Bertz CT molecular complexity index is 1300. The van der Waals surface area contributed by atoms with Gasteiger partial charge in [-0.3, -0.25) is 9.10 Å². The molecule has 2 aliphatic rings. The molecule has 164 valence electrons. The van der Waals surface area contributed by atoms with Gasteiger partial charge in [-0.15, -0.1) is 11.3 Å². The van der Waals surface area contributed by atoms with E-state index in [0.717, 1.165) is 17.0 Å². The Morgan fingerprint density at radius 1 is 1.03 bits per heavy atom. The molecule has 5 rings (SSSR count). The first-order valence-corrected chi connectivity index (χ1v) is 12.7. The van der Waals surface area contributed by atoms with Gasteiger partial charge in [-0.1, -0.05) is 18.2 Å². The zero-order valence-electron chi connectivity index (χ0n) is 17.4. The number of carbonyl (C=O) groups excluding carboxylic acids is 1. The Hall–Kier alpha value is -3.10. The van der Waals surface area contributed by atoms with Gasteiger partial charge in [0, 0.05) is 22.6 Å². The van der Waals surface area contributed by atoms with E-state index in [0.29, 0.717) is 35.5 Å². The maximum atomic E-state index is 14.1. The van der Waals surface area contributed by atoms with Crippen LogP contribution < -0.4 is 14.4 Å². The van der Waals surface area contributed by atoms with Gasteiger partial charge in [0.2, 0.25) is 0 Å². The van der Waals surface area contributed by atoms with Gasteiger partial charge in [-0.2, -0.15) is 0 Å². The van der Waals surface area contributed by atoms with Crippen molar-refractivity contribution >= 4 is 38.5 Å². The van der Waals surface area contributed by atoms with Crippen LogP contribution in [0.4, 0.5) is 11.4 Å². The normalized spacial score (nSPS) is 18.5. The number of methoxy groups -OCH3 is 1. The van der Waals surface area contributed by atoms with Gasteiger partial charge in [0.05, 0.1) is 23.4 Å². The standard InChI is InChI=1S/C24H22N2O4S2/c1-30-16-11-13-17(14-12-16)32(28,29)26-20-8-3-2-6-18(20)25-19-7-4-9-21(27)23(19)24(26)22-10-5-15-31-22/h2-3,5-6,8,10-15,24-25H,4,7,9H2,1H3. The number of rotatable bonds is 4. The molecule has 2 aromatic carbocycles. The number of nitrogens with zero attached hydrogens (tertiary/aromatic N) is 1. The van der Waals surface area contributed by atoms with Gasteiger partial charge in [-0.05, 0) is 60.7 Å². The second kappa shape index (κ2) is 8.11. The molecule has 3 aromatic rings. The lowest BCUT2D eigenvalue weighted by Gasteiger charge is -2.33. The van der Waals surface area contributed by atoms with Crippen molar-refractivity contribution in [3.63, 3.8) is 0 Å². The van der Waals surface area contributed by atoms with Crippen LogP contribution >= 0.6 is 11.3 Å². The second-order valence-electron chi connectivity index (χ2n) is 7.71. The molecule has 1 aliphatic heterocycles. The van der Waals surface area contributed by atoms with Crippen molar-refractivity contribution in [2.75, 3.05) is 16.7 Å². The largest absolute Gasteiger partial charge is 0.497 e. The van der Waals surface area contributed by atoms with Gasteiger partial charge in [-0.25, -0.2) is 8.42 Å². The number of thiophene rings is 1. The predicted molar refractivity (Wildman–Crippen MR) is 126 cm³/mol. The zero-order chi connectivity index (χ0) is 22.3. The fourth-order valence-corrected chi connectivity index (χ4v) is 6.85. The molecular formula is C24H22N2O4S2. The minimum absolute atomic E-state index is 0.0140. The molecule has 0 spiro atoms. The first kappa shape index (κ1) is 20.8. The summed E-state index contributed by atoms with van der Waals surface area (Å²) in [6, 6.07) is 16.7. The fourth-order valence-electron chi connectivity index (χ4n) is 4.34. The summed E-state index contributed by atoms with van der Waals surface area (Å²) in [5, 5.41) is 5.30. The number of benzene rings is 2. The maximum absolute atomic E-state index is 14.1. The Kier molecular flexibility index (Phi) is 5.27. The summed E-state index contributed by atoms with van der Waals surface area (Å²) in [6.45, 7) is 0. The summed E-state index contributed by atoms with van der Waals surface area (Å²) in [5.74, 6) is 0.559. The molecular weight excluding hydrogens is 444 g/mol. The molecule has 0 fully saturated rings. The second-order valence-corrected chi connectivity index (χ2v) is 10.5. The average molecular weight is 467 g/mol. The van der Waals surface area contributed by atoms with E-state index in [1.54, 1.807) is 30.3 Å². The lowest BCUT2D eigenvalue weighted by atomic mass is 9.89. The SMILES string of the molecule is COc1ccc(S(=O)(=O)N2c3ccccc3NC3=C(C(=O)CCC3)C2c2cccs2)cc1. The number of nitrogens with one attached hydrogen (secondary N) is 1. The van der Waals surface area contributed by atoms with Crippen LogP contribution in [-0.2, 0) is 14.8 Å². The van der Waals surface area contributed by atoms with E-state index < -0.39 is 16.1 Å². The van der Waals surface area contributed by atoms with Crippen LogP contribution in [0.3, 0.4) is 0 Å². The van der Waals surface area contributed by atoms with Gasteiger partial charge < -0.3 is 10.1 Å². The fraction of sp³-hybridized carbons (Fsp3) is 0.208. The lowest BCUT2D eigenvalue weighted by Crippen LogP contribution is -2.37. The molecule has 8 heteroatoms. The summed E-state index contributed by atoms with van der Waals surface area (Å²) in [4.78, 5) is 14.1. The zero-order valence-corrected chi connectivity index (χ0v) is 19.1. The first-order chi connectivity index (χ1) is 15.5. The molecule has 0 radical (unpaired) electrons. The monoisotopic (exact) mass is 466 g/mol. The van der Waals surface area contributed by atoms with Gasteiger partial charge in [0.25, 0.3) is 10.0 Å². The van der Waals surface area contributed by atoms with Gasteiger partial charge in [0.15, 0.2) is 5.78 Å². The van der Waals surface area contributed by atoms with Crippen LogP contribution in [0.2, 0.25) is 0 Å². The van der Waals surface area contributed by atoms with E-state index in [4.69, 9.17) is 4.74 Å². The average Bonchev–Trinajstić information content (AvgIpc) is 3.28. The third-order valence-corrected chi connectivity index (χ3v) is 8.54. The smallest absolute Gasteiger partial charge is 0.265 e. The van der Waals surface area contributed by atoms with E-state index in [9.17, 15) is 13.2 Å². The number of Topliss-reactive ketones (excluding diaryl/α,β-unsaturated/α-hetero) is 1. The van der Waals surface area contributed by atoms with Crippen molar-refractivity contribution in [2.24, 2.45) is 0 Å². The highest BCUT2D eigenvalue weighted by atomic mass is 32.2. The molecule has 1 N–H and O–H groups in total. The molecule has 1 atom stereocenters. The molecule has 1 aliphatic carbocycles. The van der Waals surface area contributed by atoms with Crippen molar-refractivity contribution in [3.8, 4) is 5.75 Å². The van der Waals surface area contributed by atoms with E-state index in [1.165, 1.54) is 22.8 Å². The highest BCUT2D eigenvalue weighted by Crippen LogP contribution is 2.48. The number of sulfonamides is 1. The van der Waals surface area contributed by atoms with Crippen molar-refractivity contribution < 1.29 is 17.9 Å². The topological polar surface area (TPSA) is 75.7 Å². The van der Waals surface area contributed by atoms with Gasteiger partial charge in [0.1, 0.15) is 11.8 Å². The summed E-state index contributed by atoms with van der Waals surface area (Å²) in [7, 11) is -2.48.